The fraction of sp³-hybridized carbons (Fsp3) is 0.458. The van der Waals surface area contributed by atoms with Gasteiger partial charge in [-0.1, -0.05) is 81.8 Å². The summed E-state index contributed by atoms with van der Waals surface area (Å²) in [6.07, 6.45) is 10.3. The first-order valence-electron chi connectivity index (χ1n) is 10.3. The third-order valence-electron chi connectivity index (χ3n) is 5.33. The van der Waals surface area contributed by atoms with E-state index in [0.717, 1.165) is 18.5 Å². The van der Waals surface area contributed by atoms with E-state index < -0.39 is 0 Å². The highest BCUT2D eigenvalue weighted by Gasteiger charge is 2.11. The van der Waals surface area contributed by atoms with Gasteiger partial charge in [-0.3, -0.25) is 0 Å². The quantitative estimate of drug-likeness (QED) is 0.373. The van der Waals surface area contributed by atoms with Gasteiger partial charge in [-0.2, -0.15) is 0 Å². The molecule has 0 spiro atoms. The highest BCUT2D eigenvalue weighted by Crippen LogP contribution is 2.21. The highest BCUT2D eigenvalue weighted by atomic mass is 15.1. The molecule has 1 heterocycles. The van der Waals surface area contributed by atoms with Crippen molar-refractivity contribution in [2.75, 3.05) is 0 Å². The predicted octanol–water partition coefficient (Wildman–Crippen LogP) is 6.69. The van der Waals surface area contributed by atoms with E-state index in [1.165, 1.54) is 67.4 Å². The average Bonchev–Trinajstić information content (AvgIpc) is 3.00. The standard InChI is InChI=1S/C24H32N2/c1-3-4-5-6-7-8-13-18-26-23-17-12-11-16-22(23)25-24(26)19-21-15-10-9-14-20(21)2/h9-12,14-17H,3-8,13,18-19H2,1-2H3. The third-order valence-corrected chi connectivity index (χ3v) is 5.33. The first-order chi connectivity index (χ1) is 12.8. The number of imidazole rings is 1. The van der Waals surface area contributed by atoms with Gasteiger partial charge >= 0.3 is 0 Å². The molecule has 0 N–H and O–H groups in total. The second-order valence-electron chi connectivity index (χ2n) is 7.39. The Hall–Kier alpha value is -2.09. The van der Waals surface area contributed by atoms with Gasteiger partial charge in [-0.25, -0.2) is 4.98 Å². The third kappa shape index (κ3) is 4.75. The molecule has 1 aromatic heterocycles. The van der Waals surface area contributed by atoms with Crippen LogP contribution in [0, 0.1) is 6.92 Å². The number of unbranched alkanes of at least 4 members (excludes halogenated alkanes) is 6. The molecule has 0 amide bonds. The summed E-state index contributed by atoms with van der Waals surface area (Å²) in [6.45, 7) is 5.55. The summed E-state index contributed by atoms with van der Waals surface area (Å²) >= 11 is 0. The van der Waals surface area contributed by atoms with Crippen molar-refractivity contribution in [1.29, 1.82) is 0 Å². The molecule has 0 atom stereocenters. The molecule has 3 rings (SSSR count). The van der Waals surface area contributed by atoms with Crippen LogP contribution in [0.25, 0.3) is 11.0 Å². The van der Waals surface area contributed by atoms with Crippen molar-refractivity contribution in [2.24, 2.45) is 0 Å². The second kappa shape index (κ2) is 9.56. The summed E-state index contributed by atoms with van der Waals surface area (Å²) < 4.78 is 2.45. The van der Waals surface area contributed by atoms with Gasteiger partial charge in [-0.15, -0.1) is 0 Å². The van der Waals surface area contributed by atoms with Crippen molar-refractivity contribution < 1.29 is 0 Å². The van der Waals surface area contributed by atoms with Crippen molar-refractivity contribution in [3.63, 3.8) is 0 Å². The Kier molecular flexibility index (Phi) is 6.88. The lowest BCUT2D eigenvalue weighted by atomic mass is 10.1. The molecule has 0 radical (unpaired) electrons. The predicted molar refractivity (Wildman–Crippen MR) is 112 cm³/mol. The van der Waals surface area contributed by atoms with Crippen LogP contribution in [-0.4, -0.2) is 9.55 Å². The summed E-state index contributed by atoms with van der Waals surface area (Å²) in [7, 11) is 0. The van der Waals surface area contributed by atoms with Crippen molar-refractivity contribution >= 4 is 11.0 Å². The fourth-order valence-corrected chi connectivity index (χ4v) is 3.72. The monoisotopic (exact) mass is 348 g/mol. The van der Waals surface area contributed by atoms with E-state index in [1.807, 2.05) is 0 Å². The van der Waals surface area contributed by atoms with Gasteiger partial charge in [0.1, 0.15) is 5.82 Å². The molecule has 0 unspecified atom stereocenters. The molecule has 0 aliphatic heterocycles. The van der Waals surface area contributed by atoms with Crippen LogP contribution >= 0.6 is 0 Å². The minimum atomic E-state index is 0.915. The number of fused-ring (bicyclic) bond motifs is 1. The molecule has 26 heavy (non-hydrogen) atoms. The van der Waals surface area contributed by atoms with Gasteiger partial charge in [-0.05, 0) is 36.6 Å². The normalized spacial score (nSPS) is 11.3. The summed E-state index contributed by atoms with van der Waals surface area (Å²) in [4.78, 5) is 4.95. The van der Waals surface area contributed by atoms with Gasteiger partial charge in [0.2, 0.25) is 0 Å². The average molecular weight is 349 g/mol. The smallest absolute Gasteiger partial charge is 0.114 e. The first-order valence-corrected chi connectivity index (χ1v) is 10.3. The van der Waals surface area contributed by atoms with E-state index in [-0.39, 0.29) is 0 Å². The Morgan fingerprint density at radius 1 is 0.808 bits per heavy atom. The van der Waals surface area contributed by atoms with Crippen molar-refractivity contribution in [3.05, 3.63) is 65.5 Å². The minimum Gasteiger partial charge on any atom is -0.328 e. The van der Waals surface area contributed by atoms with Gasteiger partial charge < -0.3 is 4.57 Å². The second-order valence-corrected chi connectivity index (χ2v) is 7.39. The maximum atomic E-state index is 4.95. The lowest BCUT2D eigenvalue weighted by molar-refractivity contribution is 0.548. The van der Waals surface area contributed by atoms with E-state index in [4.69, 9.17) is 4.98 Å². The van der Waals surface area contributed by atoms with Crippen LogP contribution in [0.2, 0.25) is 0 Å². The van der Waals surface area contributed by atoms with Crippen molar-refractivity contribution in [1.82, 2.24) is 9.55 Å². The van der Waals surface area contributed by atoms with E-state index in [9.17, 15) is 0 Å². The summed E-state index contributed by atoms with van der Waals surface area (Å²) in [6, 6.07) is 17.2. The maximum Gasteiger partial charge on any atom is 0.114 e. The number of aryl methyl sites for hydroxylation is 2. The molecule has 0 saturated heterocycles. The first kappa shape index (κ1) is 18.7. The summed E-state index contributed by atoms with van der Waals surface area (Å²) in [5, 5.41) is 0. The minimum absolute atomic E-state index is 0.915. The molecule has 0 bridgehead atoms. The van der Waals surface area contributed by atoms with Crippen LogP contribution < -0.4 is 0 Å². The summed E-state index contributed by atoms with van der Waals surface area (Å²) in [5.74, 6) is 1.20. The Bertz CT molecular complexity index is 816. The van der Waals surface area contributed by atoms with E-state index in [0.29, 0.717) is 0 Å². The molecule has 0 aliphatic rings. The number of hydrogen-bond donors (Lipinski definition) is 0. The Morgan fingerprint density at radius 3 is 2.31 bits per heavy atom. The van der Waals surface area contributed by atoms with E-state index in [1.54, 1.807) is 0 Å². The Labute approximate surface area is 158 Å². The van der Waals surface area contributed by atoms with Crippen molar-refractivity contribution in [3.8, 4) is 0 Å². The summed E-state index contributed by atoms with van der Waals surface area (Å²) in [5.41, 5.74) is 5.13. The lowest BCUT2D eigenvalue weighted by Gasteiger charge is -2.11. The molecular formula is C24H32N2. The topological polar surface area (TPSA) is 17.8 Å². The Morgan fingerprint density at radius 2 is 1.50 bits per heavy atom. The SMILES string of the molecule is CCCCCCCCCn1c(Cc2ccccc2C)nc2ccccc21. The van der Waals surface area contributed by atoms with Crippen LogP contribution in [0.15, 0.2) is 48.5 Å². The molecule has 2 aromatic carbocycles. The van der Waals surface area contributed by atoms with Crippen LogP contribution in [0.4, 0.5) is 0 Å². The van der Waals surface area contributed by atoms with Gasteiger partial charge in [0.25, 0.3) is 0 Å². The van der Waals surface area contributed by atoms with Crippen molar-refractivity contribution in [2.45, 2.75) is 71.8 Å². The van der Waals surface area contributed by atoms with Crippen LogP contribution in [0.5, 0.6) is 0 Å². The Balaban J connectivity index is 1.70. The van der Waals surface area contributed by atoms with Crippen LogP contribution in [-0.2, 0) is 13.0 Å². The number of para-hydroxylation sites is 2. The van der Waals surface area contributed by atoms with E-state index >= 15 is 0 Å². The molecule has 2 heteroatoms. The number of benzene rings is 2. The zero-order valence-corrected chi connectivity index (χ0v) is 16.4. The molecule has 3 aromatic rings. The lowest BCUT2D eigenvalue weighted by Crippen LogP contribution is -2.06. The van der Waals surface area contributed by atoms with E-state index in [2.05, 4.69) is 66.9 Å². The number of nitrogens with zero attached hydrogens (tertiary/aromatic N) is 2. The molecule has 2 nitrogen and oxygen atoms in total. The molecule has 0 aliphatic carbocycles. The number of aromatic nitrogens is 2. The van der Waals surface area contributed by atoms with Crippen LogP contribution in [0.3, 0.4) is 0 Å². The zero-order valence-electron chi connectivity index (χ0n) is 16.4. The number of hydrogen-bond acceptors (Lipinski definition) is 1. The molecular weight excluding hydrogens is 316 g/mol. The van der Waals surface area contributed by atoms with Gasteiger partial charge in [0.05, 0.1) is 11.0 Å². The number of rotatable bonds is 10. The van der Waals surface area contributed by atoms with Gasteiger partial charge in [0, 0.05) is 13.0 Å². The molecule has 0 fully saturated rings. The van der Waals surface area contributed by atoms with Gasteiger partial charge in [0.15, 0.2) is 0 Å². The highest BCUT2D eigenvalue weighted by molar-refractivity contribution is 5.76. The largest absolute Gasteiger partial charge is 0.328 e. The molecule has 0 saturated carbocycles. The molecule has 138 valence electrons. The fourth-order valence-electron chi connectivity index (χ4n) is 3.72. The zero-order chi connectivity index (χ0) is 18.2. The maximum absolute atomic E-state index is 4.95. The van der Waals surface area contributed by atoms with Crippen LogP contribution in [0.1, 0.15) is 68.8 Å².